The molecule has 0 aromatic heterocycles. The van der Waals surface area contributed by atoms with Crippen LogP contribution in [-0.2, 0) is 4.79 Å². The predicted octanol–water partition coefficient (Wildman–Crippen LogP) is 1.83. The van der Waals surface area contributed by atoms with Gasteiger partial charge in [-0.25, -0.2) is 0 Å². The number of aryl methyl sites for hydroxylation is 1. The number of benzene rings is 1. The molecule has 0 spiro atoms. The highest BCUT2D eigenvalue weighted by Gasteiger charge is 2.18. The van der Waals surface area contributed by atoms with Crippen LogP contribution in [-0.4, -0.2) is 30.9 Å². The highest BCUT2D eigenvalue weighted by Crippen LogP contribution is 2.18. The molecule has 1 unspecified atom stereocenters. The summed E-state index contributed by atoms with van der Waals surface area (Å²) < 4.78 is 0. The van der Waals surface area contributed by atoms with Crippen molar-refractivity contribution in [3.63, 3.8) is 0 Å². The van der Waals surface area contributed by atoms with Crippen molar-refractivity contribution in [1.82, 2.24) is 10.6 Å². The summed E-state index contributed by atoms with van der Waals surface area (Å²) in [6.07, 6.45) is 2.65. The maximum absolute atomic E-state index is 12.1. The molecule has 1 atom stereocenters. The van der Waals surface area contributed by atoms with Gasteiger partial charge in [-0.3, -0.25) is 9.59 Å². The van der Waals surface area contributed by atoms with E-state index in [4.69, 9.17) is 0 Å². The van der Waals surface area contributed by atoms with Gasteiger partial charge in [-0.2, -0.15) is 0 Å². The first-order chi connectivity index (χ1) is 10.1. The summed E-state index contributed by atoms with van der Waals surface area (Å²) in [6, 6.07) is 5.64. The van der Waals surface area contributed by atoms with Crippen molar-refractivity contribution < 1.29 is 9.59 Å². The molecule has 5 heteroatoms. The number of hydrogen-bond donors (Lipinski definition) is 3. The Morgan fingerprint density at radius 2 is 2.19 bits per heavy atom. The lowest BCUT2D eigenvalue weighted by molar-refractivity contribution is -0.116. The zero-order valence-electron chi connectivity index (χ0n) is 12.7. The van der Waals surface area contributed by atoms with Gasteiger partial charge in [-0.1, -0.05) is 6.07 Å². The minimum atomic E-state index is -0.120. The molecule has 2 rings (SSSR count). The highest BCUT2D eigenvalue weighted by atomic mass is 16.2. The van der Waals surface area contributed by atoms with Crippen LogP contribution in [0.4, 0.5) is 5.69 Å². The molecule has 0 aliphatic carbocycles. The van der Waals surface area contributed by atoms with E-state index in [2.05, 4.69) is 16.0 Å². The van der Waals surface area contributed by atoms with Gasteiger partial charge in [0.1, 0.15) is 0 Å². The predicted molar refractivity (Wildman–Crippen MR) is 83.5 cm³/mol. The fourth-order valence-electron chi connectivity index (χ4n) is 2.52. The lowest BCUT2D eigenvalue weighted by Crippen LogP contribution is -2.28. The van der Waals surface area contributed by atoms with Crippen molar-refractivity contribution in [2.75, 3.05) is 18.4 Å². The maximum Gasteiger partial charge on any atom is 0.251 e. The summed E-state index contributed by atoms with van der Waals surface area (Å²) in [4.78, 5) is 23.9. The fraction of sp³-hybridized carbons (Fsp3) is 0.500. The van der Waals surface area contributed by atoms with Crippen LogP contribution in [0, 0.1) is 6.92 Å². The Bertz CT molecular complexity index is 522. The molecule has 1 aromatic carbocycles. The Hall–Kier alpha value is -1.88. The van der Waals surface area contributed by atoms with Crippen molar-refractivity contribution in [3.05, 3.63) is 29.3 Å². The quantitative estimate of drug-likeness (QED) is 0.774. The van der Waals surface area contributed by atoms with Gasteiger partial charge in [0.15, 0.2) is 0 Å². The first-order valence-electron chi connectivity index (χ1n) is 7.52. The third-order valence-corrected chi connectivity index (χ3v) is 3.71. The summed E-state index contributed by atoms with van der Waals surface area (Å²) in [5.41, 5.74) is 2.23. The van der Waals surface area contributed by atoms with Gasteiger partial charge in [0.2, 0.25) is 5.91 Å². The minimum Gasteiger partial charge on any atom is -0.352 e. The van der Waals surface area contributed by atoms with Crippen molar-refractivity contribution in [2.24, 2.45) is 0 Å². The Balaban J connectivity index is 2.02. The van der Waals surface area contributed by atoms with Gasteiger partial charge < -0.3 is 16.0 Å². The lowest BCUT2D eigenvalue weighted by atomic mass is 10.1. The van der Waals surface area contributed by atoms with E-state index in [0.29, 0.717) is 24.2 Å². The molecule has 1 fully saturated rings. The van der Waals surface area contributed by atoms with Crippen LogP contribution in [0.25, 0.3) is 0 Å². The normalized spacial score (nSPS) is 17.5. The summed E-state index contributed by atoms with van der Waals surface area (Å²) in [7, 11) is 0. The number of amides is 2. The van der Waals surface area contributed by atoms with E-state index in [0.717, 1.165) is 24.9 Å². The third-order valence-electron chi connectivity index (χ3n) is 3.71. The maximum atomic E-state index is 12.1. The van der Waals surface area contributed by atoms with Crippen LogP contribution in [0.15, 0.2) is 18.2 Å². The van der Waals surface area contributed by atoms with E-state index in [1.54, 1.807) is 12.1 Å². The average molecular weight is 289 g/mol. The molecule has 0 radical (unpaired) electrons. The number of nitrogens with one attached hydrogen (secondary N) is 3. The Morgan fingerprint density at radius 1 is 1.38 bits per heavy atom. The summed E-state index contributed by atoms with van der Waals surface area (Å²) in [5.74, 6) is -0.129. The van der Waals surface area contributed by atoms with Crippen LogP contribution in [0.2, 0.25) is 0 Å². The van der Waals surface area contributed by atoms with E-state index in [9.17, 15) is 9.59 Å². The number of carbonyl (C=O) groups excluding carboxylic acids is 2. The van der Waals surface area contributed by atoms with Gasteiger partial charge in [-0.05, 0) is 50.9 Å². The topological polar surface area (TPSA) is 70.2 Å². The molecule has 2 amide bonds. The van der Waals surface area contributed by atoms with E-state index < -0.39 is 0 Å². The molecular formula is C16H23N3O2. The van der Waals surface area contributed by atoms with Gasteiger partial charge in [0, 0.05) is 30.3 Å². The molecule has 114 valence electrons. The average Bonchev–Trinajstić information content (AvgIpc) is 2.94. The second-order valence-electron chi connectivity index (χ2n) is 5.43. The van der Waals surface area contributed by atoms with Gasteiger partial charge >= 0.3 is 0 Å². The van der Waals surface area contributed by atoms with Crippen molar-refractivity contribution in [2.45, 2.75) is 39.2 Å². The van der Waals surface area contributed by atoms with E-state index in [-0.39, 0.29) is 17.9 Å². The van der Waals surface area contributed by atoms with Gasteiger partial charge in [0.05, 0.1) is 0 Å². The summed E-state index contributed by atoms with van der Waals surface area (Å²) in [6.45, 7) is 5.37. The Labute approximate surface area is 125 Å². The first-order valence-corrected chi connectivity index (χ1v) is 7.52. The van der Waals surface area contributed by atoms with Gasteiger partial charge in [0.25, 0.3) is 5.91 Å². The SMILES string of the molecule is CCNC(=O)c1ccc(C)c(NC(=O)CC2CCCN2)c1. The monoisotopic (exact) mass is 289 g/mol. The Morgan fingerprint density at radius 3 is 2.86 bits per heavy atom. The van der Waals surface area contributed by atoms with Crippen LogP contribution in [0.5, 0.6) is 0 Å². The van der Waals surface area contributed by atoms with E-state index in [1.807, 2.05) is 19.9 Å². The minimum absolute atomic E-state index is 0.00875. The molecule has 1 aliphatic heterocycles. The number of anilines is 1. The number of rotatable bonds is 5. The standard InChI is InChI=1S/C16H23N3O2/c1-3-17-16(21)12-7-6-11(2)14(9-12)19-15(20)10-13-5-4-8-18-13/h6-7,9,13,18H,3-5,8,10H2,1-2H3,(H,17,21)(H,19,20). The molecule has 1 aliphatic rings. The smallest absolute Gasteiger partial charge is 0.251 e. The second kappa shape index (κ2) is 7.22. The van der Waals surface area contributed by atoms with Crippen molar-refractivity contribution in [1.29, 1.82) is 0 Å². The van der Waals surface area contributed by atoms with E-state index in [1.165, 1.54) is 0 Å². The number of carbonyl (C=O) groups is 2. The molecule has 1 aromatic rings. The molecule has 1 saturated heterocycles. The highest BCUT2D eigenvalue weighted by molar-refractivity contribution is 5.97. The van der Waals surface area contributed by atoms with Crippen molar-refractivity contribution in [3.8, 4) is 0 Å². The molecule has 3 N–H and O–H groups in total. The zero-order valence-corrected chi connectivity index (χ0v) is 12.7. The van der Waals surface area contributed by atoms with Crippen LogP contribution >= 0.6 is 0 Å². The third kappa shape index (κ3) is 4.29. The molecule has 0 saturated carbocycles. The summed E-state index contributed by atoms with van der Waals surface area (Å²) in [5, 5.41) is 8.98. The molecule has 1 heterocycles. The largest absolute Gasteiger partial charge is 0.352 e. The molecule has 0 bridgehead atoms. The van der Waals surface area contributed by atoms with Gasteiger partial charge in [-0.15, -0.1) is 0 Å². The number of hydrogen-bond acceptors (Lipinski definition) is 3. The molecule has 21 heavy (non-hydrogen) atoms. The fourth-order valence-corrected chi connectivity index (χ4v) is 2.52. The van der Waals surface area contributed by atoms with Crippen molar-refractivity contribution >= 4 is 17.5 Å². The zero-order chi connectivity index (χ0) is 15.2. The Kier molecular flexibility index (Phi) is 5.33. The first kappa shape index (κ1) is 15.5. The van der Waals surface area contributed by atoms with Crippen LogP contribution in [0.3, 0.4) is 0 Å². The van der Waals surface area contributed by atoms with Crippen LogP contribution < -0.4 is 16.0 Å². The molecular weight excluding hydrogens is 266 g/mol. The van der Waals surface area contributed by atoms with E-state index >= 15 is 0 Å². The summed E-state index contributed by atoms with van der Waals surface area (Å²) >= 11 is 0. The second-order valence-corrected chi connectivity index (χ2v) is 5.43. The lowest BCUT2D eigenvalue weighted by Gasteiger charge is -2.13. The molecule has 5 nitrogen and oxygen atoms in total. The van der Waals surface area contributed by atoms with Crippen LogP contribution in [0.1, 0.15) is 42.1 Å².